The minimum Gasteiger partial charge on any atom is -0.481 e. The van der Waals surface area contributed by atoms with Crippen molar-refractivity contribution in [3.8, 4) is 0 Å². The molecule has 16 heavy (non-hydrogen) atoms. The average molecular weight is 219 g/mol. The van der Waals surface area contributed by atoms with Crippen LogP contribution >= 0.6 is 0 Å². The highest BCUT2D eigenvalue weighted by Gasteiger charge is 2.41. The summed E-state index contributed by atoms with van der Waals surface area (Å²) in [6, 6.07) is -0.525. The van der Waals surface area contributed by atoms with Crippen LogP contribution in [0.1, 0.15) is 12.8 Å². The highest BCUT2D eigenvalue weighted by atomic mass is 16.4. The molecular weight excluding hydrogens is 202 g/mol. The number of nitrogens with two attached hydrogens (primary N) is 1. The number of carboxylic acid groups (broad SMARTS) is 1. The van der Waals surface area contributed by atoms with Crippen LogP contribution in [0.2, 0.25) is 0 Å². The Morgan fingerprint density at radius 1 is 1.56 bits per heavy atom. The normalized spacial score (nSPS) is 28.3. The minimum absolute atomic E-state index is 0.331. The first-order chi connectivity index (χ1) is 7.56. The summed E-state index contributed by atoms with van der Waals surface area (Å²) in [5, 5.41) is 9.28. The van der Waals surface area contributed by atoms with Crippen molar-refractivity contribution in [3.63, 3.8) is 0 Å². The van der Waals surface area contributed by atoms with E-state index in [0.717, 1.165) is 5.57 Å². The van der Waals surface area contributed by atoms with Crippen molar-refractivity contribution in [3.05, 3.63) is 49.1 Å². The van der Waals surface area contributed by atoms with E-state index in [1.807, 2.05) is 6.08 Å². The molecule has 0 aromatic heterocycles. The Hall–Kier alpha value is -1.61. The van der Waals surface area contributed by atoms with Gasteiger partial charge in [-0.25, -0.2) is 0 Å². The van der Waals surface area contributed by atoms with E-state index in [4.69, 9.17) is 5.73 Å². The van der Waals surface area contributed by atoms with Gasteiger partial charge in [-0.15, -0.1) is 13.2 Å². The predicted molar refractivity (Wildman–Crippen MR) is 64.9 cm³/mol. The van der Waals surface area contributed by atoms with Crippen LogP contribution in [-0.2, 0) is 4.79 Å². The molecule has 0 aromatic carbocycles. The average Bonchev–Trinajstić information content (AvgIpc) is 2.22. The molecule has 0 heterocycles. The number of hydrogen-bond donors (Lipinski definition) is 2. The Morgan fingerprint density at radius 2 is 2.25 bits per heavy atom. The van der Waals surface area contributed by atoms with Gasteiger partial charge in [-0.05, 0) is 18.4 Å². The first-order valence-electron chi connectivity index (χ1n) is 5.17. The van der Waals surface area contributed by atoms with E-state index in [-0.39, 0.29) is 0 Å². The van der Waals surface area contributed by atoms with Gasteiger partial charge in [0.25, 0.3) is 0 Å². The lowest BCUT2D eigenvalue weighted by atomic mass is 9.73. The molecule has 0 radical (unpaired) electrons. The zero-order valence-electron chi connectivity index (χ0n) is 9.23. The molecule has 3 heteroatoms. The number of carbonyl (C=O) groups is 1. The van der Waals surface area contributed by atoms with Crippen LogP contribution < -0.4 is 5.73 Å². The summed E-state index contributed by atoms with van der Waals surface area (Å²) in [5.41, 5.74) is 5.89. The third kappa shape index (κ3) is 2.14. The molecule has 0 saturated carbocycles. The first-order valence-corrected chi connectivity index (χ1v) is 5.17. The number of carboxylic acids is 1. The Morgan fingerprint density at radius 3 is 2.69 bits per heavy atom. The maximum atomic E-state index is 11.3. The fourth-order valence-corrected chi connectivity index (χ4v) is 1.85. The third-order valence-corrected chi connectivity index (χ3v) is 2.84. The Balaban J connectivity index is 3.01. The van der Waals surface area contributed by atoms with Gasteiger partial charge in [0.05, 0.1) is 0 Å². The zero-order valence-corrected chi connectivity index (χ0v) is 9.23. The van der Waals surface area contributed by atoms with Crippen molar-refractivity contribution in [2.45, 2.75) is 18.9 Å². The van der Waals surface area contributed by atoms with Crippen molar-refractivity contribution < 1.29 is 9.90 Å². The van der Waals surface area contributed by atoms with Crippen LogP contribution in [0.5, 0.6) is 0 Å². The molecule has 1 aliphatic carbocycles. The molecule has 0 fully saturated rings. The predicted octanol–water partition coefficient (Wildman–Crippen LogP) is 2.03. The molecule has 0 bridgehead atoms. The SMILES string of the molecule is C=CCC1=CC(N)C(CC=C)(C(=O)O)C=C1. The van der Waals surface area contributed by atoms with E-state index in [9.17, 15) is 9.90 Å². The lowest BCUT2D eigenvalue weighted by Crippen LogP contribution is -2.46. The molecule has 0 aromatic rings. The summed E-state index contributed by atoms with van der Waals surface area (Å²) < 4.78 is 0. The van der Waals surface area contributed by atoms with E-state index < -0.39 is 17.4 Å². The van der Waals surface area contributed by atoms with Crippen molar-refractivity contribution in [1.29, 1.82) is 0 Å². The lowest BCUT2D eigenvalue weighted by Gasteiger charge is -2.32. The lowest BCUT2D eigenvalue weighted by molar-refractivity contribution is -0.146. The molecule has 0 aliphatic heterocycles. The fourth-order valence-electron chi connectivity index (χ4n) is 1.85. The van der Waals surface area contributed by atoms with Crippen LogP contribution in [0.15, 0.2) is 49.1 Å². The van der Waals surface area contributed by atoms with E-state index in [1.165, 1.54) is 0 Å². The monoisotopic (exact) mass is 219 g/mol. The van der Waals surface area contributed by atoms with E-state index in [0.29, 0.717) is 12.8 Å². The van der Waals surface area contributed by atoms with Crippen LogP contribution in [-0.4, -0.2) is 17.1 Å². The second kappa shape index (κ2) is 4.94. The highest BCUT2D eigenvalue weighted by Crippen LogP contribution is 2.34. The third-order valence-electron chi connectivity index (χ3n) is 2.84. The molecule has 1 aliphatic rings. The molecule has 0 spiro atoms. The van der Waals surface area contributed by atoms with Crippen molar-refractivity contribution in [2.75, 3.05) is 0 Å². The highest BCUT2D eigenvalue weighted by molar-refractivity contribution is 5.79. The fraction of sp³-hybridized carbons (Fsp3) is 0.308. The topological polar surface area (TPSA) is 63.3 Å². The number of rotatable bonds is 5. The molecule has 2 unspecified atom stereocenters. The standard InChI is InChI=1S/C13H17NO2/c1-3-5-10-6-8-13(7-4-2,12(15)16)11(14)9-10/h3-4,6,8-9,11H,1-2,5,7,14H2,(H,15,16). The zero-order chi connectivity index (χ0) is 12.2. The minimum atomic E-state index is -1.05. The number of allylic oxidation sites excluding steroid dienone is 4. The van der Waals surface area contributed by atoms with Gasteiger partial charge in [-0.3, -0.25) is 4.79 Å². The van der Waals surface area contributed by atoms with Gasteiger partial charge in [0.1, 0.15) is 5.41 Å². The smallest absolute Gasteiger partial charge is 0.315 e. The molecule has 86 valence electrons. The van der Waals surface area contributed by atoms with E-state index in [2.05, 4.69) is 13.2 Å². The van der Waals surface area contributed by atoms with Crippen molar-refractivity contribution in [2.24, 2.45) is 11.1 Å². The molecular formula is C13H17NO2. The molecule has 3 nitrogen and oxygen atoms in total. The van der Waals surface area contributed by atoms with Crippen LogP contribution in [0.25, 0.3) is 0 Å². The summed E-state index contributed by atoms with van der Waals surface area (Å²) in [7, 11) is 0. The van der Waals surface area contributed by atoms with Gasteiger partial charge in [0.2, 0.25) is 0 Å². The van der Waals surface area contributed by atoms with Crippen molar-refractivity contribution in [1.82, 2.24) is 0 Å². The van der Waals surface area contributed by atoms with E-state index >= 15 is 0 Å². The summed E-state index contributed by atoms with van der Waals surface area (Å²) in [6.45, 7) is 7.22. The summed E-state index contributed by atoms with van der Waals surface area (Å²) in [5.74, 6) is -0.912. The number of aliphatic carboxylic acids is 1. The van der Waals surface area contributed by atoms with Crippen molar-refractivity contribution >= 4 is 5.97 Å². The van der Waals surface area contributed by atoms with Gasteiger partial charge in [-0.2, -0.15) is 0 Å². The van der Waals surface area contributed by atoms with Gasteiger partial charge in [-0.1, -0.05) is 30.4 Å². The molecule has 0 saturated heterocycles. The second-order valence-electron chi connectivity index (χ2n) is 3.93. The summed E-state index contributed by atoms with van der Waals surface area (Å²) in [6.07, 6.45) is 9.66. The second-order valence-corrected chi connectivity index (χ2v) is 3.93. The maximum absolute atomic E-state index is 11.3. The molecule has 0 amide bonds. The van der Waals surface area contributed by atoms with Gasteiger partial charge in [0, 0.05) is 6.04 Å². The summed E-state index contributed by atoms with van der Waals surface area (Å²) in [4.78, 5) is 11.3. The van der Waals surface area contributed by atoms with Crippen LogP contribution in [0.4, 0.5) is 0 Å². The largest absolute Gasteiger partial charge is 0.481 e. The Kier molecular flexibility index (Phi) is 3.85. The van der Waals surface area contributed by atoms with Gasteiger partial charge >= 0.3 is 5.97 Å². The molecule has 1 rings (SSSR count). The van der Waals surface area contributed by atoms with Crippen LogP contribution in [0, 0.1) is 5.41 Å². The molecule has 3 N–H and O–H groups in total. The van der Waals surface area contributed by atoms with Gasteiger partial charge in [0.15, 0.2) is 0 Å². The number of hydrogen-bond acceptors (Lipinski definition) is 2. The first kappa shape index (κ1) is 12.5. The quantitative estimate of drug-likeness (QED) is 0.695. The van der Waals surface area contributed by atoms with E-state index in [1.54, 1.807) is 24.3 Å². The maximum Gasteiger partial charge on any atom is 0.315 e. The molecule has 2 atom stereocenters. The Bertz CT molecular complexity index is 368. The van der Waals surface area contributed by atoms with Gasteiger partial charge < -0.3 is 10.8 Å². The van der Waals surface area contributed by atoms with Crippen LogP contribution in [0.3, 0.4) is 0 Å². The Labute approximate surface area is 95.6 Å². The summed E-state index contributed by atoms with van der Waals surface area (Å²) >= 11 is 0.